The van der Waals surface area contributed by atoms with Crippen LogP contribution in [-0.2, 0) is 4.74 Å². The molecule has 5 atom stereocenters. The molecular weight excluding hydrogens is 262 g/mol. The van der Waals surface area contributed by atoms with Gasteiger partial charge in [-0.2, -0.15) is 0 Å². The van der Waals surface area contributed by atoms with Gasteiger partial charge in [0.05, 0.1) is 32.8 Å². The van der Waals surface area contributed by atoms with Crippen molar-refractivity contribution >= 4 is 0 Å². The first kappa shape index (κ1) is 17.2. The fourth-order valence-corrected chi connectivity index (χ4v) is 5.04. The Labute approximate surface area is 131 Å². The molecule has 0 aliphatic heterocycles. The topological polar surface area (TPSA) is 29.5 Å². The van der Waals surface area contributed by atoms with Crippen LogP contribution in [0.4, 0.5) is 0 Å². The highest BCUT2D eigenvalue weighted by Gasteiger charge is 2.57. The van der Waals surface area contributed by atoms with Crippen molar-refractivity contribution in [3.63, 3.8) is 0 Å². The van der Waals surface area contributed by atoms with E-state index in [1.807, 2.05) is 0 Å². The third-order valence-electron chi connectivity index (χ3n) is 6.91. The molecular formula is C18H36NO2+. The van der Waals surface area contributed by atoms with Gasteiger partial charge in [-0.1, -0.05) is 20.8 Å². The average molecular weight is 298 g/mol. The Bertz CT molecular complexity index is 351. The molecule has 0 radical (unpaired) electrons. The van der Waals surface area contributed by atoms with Crippen molar-refractivity contribution < 1.29 is 14.3 Å². The van der Waals surface area contributed by atoms with Gasteiger partial charge in [-0.25, -0.2) is 0 Å². The van der Waals surface area contributed by atoms with E-state index in [-0.39, 0.29) is 6.10 Å². The Morgan fingerprint density at radius 1 is 1.19 bits per heavy atom. The van der Waals surface area contributed by atoms with Crippen molar-refractivity contribution in [1.29, 1.82) is 0 Å². The molecule has 2 bridgehead atoms. The zero-order valence-electron chi connectivity index (χ0n) is 14.9. The molecule has 0 aromatic carbocycles. The lowest BCUT2D eigenvalue weighted by atomic mass is 9.80. The van der Waals surface area contributed by atoms with Crippen LogP contribution in [0.2, 0.25) is 0 Å². The SMILES string of the molecule is CC[N+](C)(CC)C[C@H](O)CO[C@H]1[C@@H](C)[C@H]2CC[C@H]1C2(C)C. The number of fused-ring (bicyclic) bond motifs is 2. The number of hydrogen-bond donors (Lipinski definition) is 1. The molecule has 0 heterocycles. The van der Waals surface area contributed by atoms with Crippen LogP contribution >= 0.6 is 0 Å². The number of aliphatic hydroxyl groups is 1. The lowest BCUT2D eigenvalue weighted by Gasteiger charge is -2.35. The number of quaternary nitrogens is 1. The summed E-state index contributed by atoms with van der Waals surface area (Å²) in [6.45, 7) is 15.0. The maximum absolute atomic E-state index is 10.4. The highest BCUT2D eigenvalue weighted by Crippen LogP contribution is 2.60. The summed E-state index contributed by atoms with van der Waals surface area (Å²) in [6.07, 6.45) is 2.68. The molecule has 0 aromatic heterocycles. The van der Waals surface area contributed by atoms with Gasteiger partial charge in [-0.15, -0.1) is 0 Å². The zero-order chi connectivity index (χ0) is 15.8. The highest BCUT2D eigenvalue weighted by molar-refractivity contribution is 5.06. The van der Waals surface area contributed by atoms with E-state index in [9.17, 15) is 5.11 Å². The molecule has 0 spiro atoms. The first-order valence-corrected chi connectivity index (χ1v) is 8.88. The summed E-state index contributed by atoms with van der Waals surface area (Å²) in [5.41, 5.74) is 0.423. The van der Waals surface area contributed by atoms with Crippen LogP contribution in [0.3, 0.4) is 0 Å². The van der Waals surface area contributed by atoms with Gasteiger partial charge < -0.3 is 14.3 Å². The van der Waals surface area contributed by atoms with Gasteiger partial charge in [0.15, 0.2) is 0 Å². The van der Waals surface area contributed by atoms with E-state index in [0.29, 0.717) is 30.0 Å². The van der Waals surface area contributed by atoms with Crippen molar-refractivity contribution in [1.82, 2.24) is 0 Å². The third kappa shape index (κ3) is 3.16. The summed E-state index contributed by atoms with van der Waals surface area (Å²) < 4.78 is 7.14. The minimum Gasteiger partial charge on any atom is -0.385 e. The van der Waals surface area contributed by atoms with Gasteiger partial charge in [-0.3, -0.25) is 0 Å². The van der Waals surface area contributed by atoms with Crippen LogP contribution in [0.15, 0.2) is 0 Å². The van der Waals surface area contributed by atoms with Crippen molar-refractivity contribution in [2.75, 3.05) is 33.3 Å². The highest BCUT2D eigenvalue weighted by atomic mass is 16.5. The maximum Gasteiger partial charge on any atom is 0.126 e. The van der Waals surface area contributed by atoms with Crippen LogP contribution in [0.1, 0.15) is 47.5 Å². The van der Waals surface area contributed by atoms with E-state index >= 15 is 0 Å². The Hall–Kier alpha value is -0.120. The van der Waals surface area contributed by atoms with Crippen LogP contribution in [0.25, 0.3) is 0 Å². The molecule has 3 nitrogen and oxygen atoms in total. The van der Waals surface area contributed by atoms with Crippen LogP contribution in [0.5, 0.6) is 0 Å². The number of hydrogen-bond acceptors (Lipinski definition) is 2. The predicted octanol–water partition coefficient (Wildman–Crippen LogP) is 2.92. The second-order valence-corrected chi connectivity index (χ2v) is 8.36. The first-order chi connectivity index (χ1) is 9.75. The lowest BCUT2D eigenvalue weighted by molar-refractivity contribution is -0.909. The monoisotopic (exact) mass is 298 g/mol. The van der Waals surface area contributed by atoms with Crippen molar-refractivity contribution in [3.8, 4) is 0 Å². The molecule has 2 rings (SSSR count). The van der Waals surface area contributed by atoms with Gasteiger partial charge in [0, 0.05) is 0 Å². The number of aliphatic hydroxyl groups excluding tert-OH is 1. The van der Waals surface area contributed by atoms with Gasteiger partial charge in [0.25, 0.3) is 0 Å². The molecule has 2 fully saturated rings. The Balaban J connectivity index is 1.87. The first-order valence-electron chi connectivity index (χ1n) is 8.88. The molecule has 1 N–H and O–H groups in total. The van der Waals surface area contributed by atoms with E-state index in [1.165, 1.54) is 12.8 Å². The lowest BCUT2D eigenvalue weighted by Crippen LogP contribution is -2.50. The summed E-state index contributed by atoms with van der Waals surface area (Å²) in [7, 11) is 2.21. The summed E-state index contributed by atoms with van der Waals surface area (Å²) >= 11 is 0. The van der Waals surface area contributed by atoms with Crippen molar-refractivity contribution in [2.24, 2.45) is 23.2 Å². The Morgan fingerprint density at radius 2 is 1.76 bits per heavy atom. The minimum atomic E-state index is -0.343. The van der Waals surface area contributed by atoms with Gasteiger partial charge in [-0.05, 0) is 49.9 Å². The molecule has 124 valence electrons. The number of ether oxygens (including phenoxy) is 1. The van der Waals surface area contributed by atoms with Gasteiger partial charge >= 0.3 is 0 Å². The number of rotatable bonds is 7. The van der Waals surface area contributed by atoms with Crippen LogP contribution < -0.4 is 0 Å². The molecule has 0 amide bonds. The second kappa shape index (κ2) is 6.17. The quantitative estimate of drug-likeness (QED) is 0.732. The smallest absolute Gasteiger partial charge is 0.126 e. The Morgan fingerprint density at radius 3 is 2.24 bits per heavy atom. The molecule has 21 heavy (non-hydrogen) atoms. The van der Waals surface area contributed by atoms with E-state index in [2.05, 4.69) is 41.7 Å². The fraction of sp³-hybridized carbons (Fsp3) is 1.00. The Kier molecular flexibility index (Phi) is 5.07. The minimum absolute atomic E-state index is 0.343. The van der Waals surface area contributed by atoms with Gasteiger partial charge in [0.1, 0.15) is 12.6 Å². The molecule has 2 saturated carbocycles. The fourth-order valence-electron chi connectivity index (χ4n) is 5.04. The summed E-state index contributed by atoms with van der Waals surface area (Å²) in [5.74, 6) is 2.13. The molecule has 3 heteroatoms. The van der Waals surface area contributed by atoms with Crippen molar-refractivity contribution in [2.45, 2.75) is 59.7 Å². The molecule has 0 aromatic rings. The molecule has 0 saturated heterocycles. The standard InChI is InChI=1S/C18H36NO2/c1-7-19(6,8-2)11-14(20)12-21-17-13(3)15-9-10-16(17)18(15,4)5/h13-17,20H,7-12H2,1-6H3/q+1/t13-,14-,15+,16+,17-/m0/s1. The van der Waals surface area contributed by atoms with Crippen molar-refractivity contribution in [3.05, 3.63) is 0 Å². The normalized spacial score (nSPS) is 36.1. The van der Waals surface area contributed by atoms with Crippen LogP contribution in [0, 0.1) is 23.2 Å². The van der Waals surface area contributed by atoms with E-state index in [0.717, 1.165) is 30.0 Å². The third-order valence-corrected chi connectivity index (χ3v) is 6.91. The zero-order valence-corrected chi connectivity index (χ0v) is 14.9. The van der Waals surface area contributed by atoms with Crippen LogP contribution in [-0.4, -0.2) is 55.1 Å². The number of likely N-dealkylation sites (N-methyl/N-ethyl adjacent to an activating group) is 1. The van der Waals surface area contributed by atoms with E-state index in [4.69, 9.17) is 4.74 Å². The molecule has 2 aliphatic rings. The molecule has 2 aliphatic carbocycles. The summed E-state index contributed by atoms with van der Waals surface area (Å²) in [5, 5.41) is 10.4. The summed E-state index contributed by atoms with van der Waals surface area (Å²) in [6, 6.07) is 0. The van der Waals surface area contributed by atoms with E-state index < -0.39 is 0 Å². The number of nitrogens with zero attached hydrogens (tertiary/aromatic N) is 1. The van der Waals surface area contributed by atoms with Gasteiger partial charge in [0.2, 0.25) is 0 Å². The molecule has 0 unspecified atom stereocenters. The maximum atomic E-state index is 10.4. The second-order valence-electron chi connectivity index (χ2n) is 8.36. The average Bonchev–Trinajstić information content (AvgIpc) is 2.83. The van der Waals surface area contributed by atoms with E-state index in [1.54, 1.807) is 0 Å². The predicted molar refractivity (Wildman–Crippen MR) is 87.0 cm³/mol. The largest absolute Gasteiger partial charge is 0.385 e. The summed E-state index contributed by atoms with van der Waals surface area (Å²) in [4.78, 5) is 0.